The lowest BCUT2D eigenvalue weighted by atomic mass is 10.1. The summed E-state index contributed by atoms with van der Waals surface area (Å²) in [5.74, 6) is -0.111. The Morgan fingerprint density at radius 2 is 1.95 bits per heavy atom. The summed E-state index contributed by atoms with van der Waals surface area (Å²) >= 11 is 0. The molecule has 112 valence electrons. The van der Waals surface area contributed by atoms with Crippen molar-refractivity contribution < 1.29 is 18.3 Å². The SMILES string of the molecule is CS(=O)(=O)CCCNC(=O)[C@H](N)Cc1ccc(O)cc1. The van der Waals surface area contributed by atoms with Crippen molar-refractivity contribution in [2.24, 2.45) is 5.73 Å². The Balaban J connectivity index is 2.34. The number of carbonyl (C=O) groups excluding carboxylic acids is 1. The van der Waals surface area contributed by atoms with Gasteiger partial charge in [0.2, 0.25) is 5.91 Å². The maximum absolute atomic E-state index is 11.7. The van der Waals surface area contributed by atoms with Crippen LogP contribution < -0.4 is 11.1 Å². The van der Waals surface area contributed by atoms with Crippen LogP contribution in [0.15, 0.2) is 24.3 Å². The number of rotatable bonds is 7. The highest BCUT2D eigenvalue weighted by Crippen LogP contribution is 2.10. The Bertz CT molecular complexity index is 540. The molecule has 0 fully saturated rings. The van der Waals surface area contributed by atoms with Gasteiger partial charge in [0.25, 0.3) is 0 Å². The molecule has 0 saturated carbocycles. The second-order valence-corrected chi connectivity index (χ2v) is 7.01. The summed E-state index contributed by atoms with van der Waals surface area (Å²) in [7, 11) is -3.00. The number of carbonyl (C=O) groups is 1. The molecule has 0 aliphatic carbocycles. The van der Waals surface area contributed by atoms with E-state index in [4.69, 9.17) is 10.8 Å². The molecule has 0 spiro atoms. The normalized spacial score (nSPS) is 12.9. The molecule has 0 bridgehead atoms. The molecule has 1 amide bonds. The Morgan fingerprint density at radius 3 is 2.50 bits per heavy atom. The first-order valence-electron chi connectivity index (χ1n) is 6.27. The highest BCUT2D eigenvalue weighted by molar-refractivity contribution is 7.90. The van der Waals surface area contributed by atoms with Crippen LogP contribution in [0.1, 0.15) is 12.0 Å². The Labute approximate surface area is 118 Å². The molecule has 0 radical (unpaired) electrons. The van der Waals surface area contributed by atoms with E-state index in [0.29, 0.717) is 12.8 Å². The van der Waals surface area contributed by atoms with Gasteiger partial charge in [-0.1, -0.05) is 12.1 Å². The number of nitrogens with one attached hydrogen (secondary N) is 1. The van der Waals surface area contributed by atoms with Crippen molar-refractivity contribution in [2.75, 3.05) is 18.6 Å². The van der Waals surface area contributed by atoms with Crippen molar-refractivity contribution in [1.29, 1.82) is 0 Å². The van der Waals surface area contributed by atoms with Gasteiger partial charge in [0, 0.05) is 12.8 Å². The van der Waals surface area contributed by atoms with Crippen molar-refractivity contribution in [2.45, 2.75) is 18.9 Å². The Morgan fingerprint density at radius 1 is 1.35 bits per heavy atom. The lowest BCUT2D eigenvalue weighted by Gasteiger charge is -2.12. The minimum Gasteiger partial charge on any atom is -0.508 e. The molecule has 0 aliphatic heterocycles. The third-order valence-electron chi connectivity index (χ3n) is 2.72. The molecule has 1 rings (SSSR count). The van der Waals surface area contributed by atoms with E-state index >= 15 is 0 Å². The summed E-state index contributed by atoms with van der Waals surface area (Å²) < 4.78 is 21.8. The molecule has 0 heterocycles. The second kappa shape index (κ2) is 7.25. The van der Waals surface area contributed by atoms with Crippen molar-refractivity contribution in [3.8, 4) is 5.75 Å². The van der Waals surface area contributed by atoms with Crippen molar-refractivity contribution in [3.05, 3.63) is 29.8 Å². The number of hydrogen-bond acceptors (Lipinski definition) is 5. The lowest BCUT2D eigenvalue weighted by molar-refractivity contribution is -0.122. The summed E-state index contributed by atoms with van der Waals surface area (Å²) in [6, 6.07) is 5.77. The largest absolute Gasteiger partial charge is 0.508 e. The van der Waals surface area contributed by atoms with Gasteiger partial charge in [-0.15, -0.1) is 0 Å². The molecule has 0 aromatic heterocycles. The van der Waals surface area contributed by atoms with Crippen LogP contribution in [0.3, 0.4) is 0 Å². The fourth-order valence-corrected chi connectivity index (χ4v) is 2.32. The smallest absolute Gasteiger partial charge is 0.237 e. The molecular formula is C13H20N2O4S. The second-order valence-electron chi connectivity index (χ2n) is 4.75. The summed E-state index contributed by atoms with van der Waals surface area (Å²) in [6.07, 6.45) is 1.89. The van der Waals surface area contributed by atoms with Crippen LogP contribution in [0.5, 0.6) is 5.75 Å². The van der Waals surface area contributed by atoms with Gasteiger partial charge in [0.05, 0.1) is 11.8 Å². The van der Waals surface area contributed by atoms with E-state index in [1.165, 1.54) is 12.1 Å². The first-order valence-corrected chi connectivity index (χ1v) is 8.33. The molecule has 0 aliphatic rings. The fourth-order valence-electron chi connectivity index (χ4n) is 1.66. The van der Waals surface area contributed by atoms with Gasteiger partial charge in [-0.3, -0.25) is 4.79 Å². The molecule has 4 N–H and O–H groups in total. The van der Waals surface area contributed by atoms with Crippen LogP contribution in [0.25, 0.3) is 0 Å². The number of hydrogen-bond donors (Lipinski definition) is 3. The zero-order valence-electron chi connectivity index (χ0n) is 11.4. The molecule has 20 heavy (non-hydrogen) atoms. The first kappa shape index (κ1) is 16.5. The summed E-state index contributed by atoms with van der Waals surface area (Å²) in [5, 5.41) is 11.8. The first-order chi connectivity index (χ1) is 9.28. The number of aromatic hydroxyl groups is 1. The minimum absolute atomic E-state index is 0.0421. The predicted molar refractivity (Wildman–Crippen MR) is 77.1 cm³/mol. The maximum Gasteiger partial charge on any atom is 0.237 e. The quantitative estimate of drug-likeness (QED) is 0.605. The van der Waals surface area contributed by atoms with Gasteiger partial charge < -0.3 is 16.2 Å². The van der Waals surface area contributed by atoms with Gasteiger partial charge in [-0.25, -0.2) is 8.42 Å². The third kappa shape index (κ3) is 6.53. The molecular weight excluding hydrogens is 280 g/mol. The molecule has 0 saturated heterocycles. The number of phenols is 1. The van der Waals surface area contributed by atoms with Gasteiger partial charge in [0.15, 0.2) is 0 Å². The van der Waals surface area contributed by atoms with Crippen LogP contribution in [-0.2, 0) is 21.1 Å². The van der Waals surface area contributed by atoms with E-state index in [9.17, 15) is 13.2 Å². The Hall–Kier alpha value is -1.60. The predicted octanol–water partition coefficient (Wildman–Crippen LogP) is -0.187. The van der Waals surface area contributed by atoms with Gasteiger partial charge >= 0.3 is 0 Å². The van der Waals surface area contributed by atoms with E-state index in [1.54, 1.807) is 12.1 Å². The molecule has 7 heteroatoms. The third-order valence-corrected chi connectivity index (χ3v) is 3.75. The minimum atomic E-state index is -3.00. The molecule has 0 unspecified atom stereocenters. The van der Waals surface area contributed by atoms with Crippen molar-refractivity contribution >= 4 is 15.7 Å². The standard InChI is InChI=1S/C13H20N2O4S/c1-20(18,19)8-2-7-15-13(17)12(14)9-10-3-5-11(16)6-4-10/h3-6,12,16H,2,7-9,14H2,1H3,(H,15,17)/t12-/m1/s1. The highest BCUT2D eigenvalue weighted by Gasteiger charge is 2.13. The number of sulfone groups is 1. The fraction of sp³-hybridized carbons (Fsp3) is 0.462. The number of phenolic OH excluding ortho intramolecular Hbond substituents is 1. The Kier molecular flexibility index (Phi) is 5.97. The van der Waals surface area contributed by atoms with Crippen molar-refractivity contribution in [1.82, 2.24) is 5.32 Å². The topological polar surface area (TPSA) is 109 Å². The van der Waals surface area contributed by atoms with Gasteiger partial charge in [-0.2, -0.15) is 0 Å². The lowest BCUT2D eigenvalue weighted by Crippen LogP contribution is -2.42. The number of nitrogens with two attached hydrogens (primary N) is 1. The van der Waals surface area contributed by atoms with E-state index < -0.39 is 15.9 Å². The molecule has 1 atom stereocenters. The number of benzene rings is 1. The number of amides is 1. The van der Waals surface area contributed by atoms with Crippen LogP contribution >= 0.6 is 0 Å². The zero-order valence-corrected chi connectivity index (χ0v) is 12.2. The van der Waals surface area contributed by atoms with Crippen molar-refractivity contribution in [3.63, 3.8) is 0 Å². The summed E-state index contributed by atoms with van der Waals surface area (Å²) in [6.45, 7) is 0.287. The monoisotopic (exact) mass is 300 g/mol. The average molecular weight is 300 g/mol. The van der Waals surface area contributed by atoms with E-state index in [1.807, 2.05) is 0 Å². The van der Waals surface area contributed by atoms with E-state index in [0.717, 1.165) is 11.8 Å². The summed E-state index contributed by atoms with van der Waals surface area (Å²) in [4.78, 5) is 11.7. The molecule has 1 aromatic carbocycles. The van der Waals surface area contributed by atoms with Gasteiger partial charge in [-0.05, 0) is 30.5 Å². The van der Waals surface area contributed by atoms with Gasteiger partial charge in [0.1, 0.15) is 15.6 Å². The van der Waals surface area contributed by atoms with E-state index in [2.05, 4.69) is 5.32 Å². The summed E-state index contributed by atoms with van der Waals surface area (Å²) in [5.41, 5.74) is 6.61. The molecule has 1 aromatic rings. The molecule has 6 nitrogen and oxygen atoms in total. The highest BCUT2D eigenvalue weighted by atomic mass is 32.2. The maximum atomic E-state index is 11.7. The van der Waals surface area contributed by atoms with Crippen LogP contribution in [0, 0.1) is 0 Å². The van der Waals surface area contributed by atoms with E-state index in [-0.39, 0.29) is 24.0 Å². The average Bonchev–Trinajstić information content (AvgIpc) is 2.36. The van der Waals surface area contributed by atoms with Crippen LogP contribution in [0.2, 0.25) is 0 Å². The van der Waals surface area contributed by atoms with Crippen LogP contribution in [-0.4, -0.2) is 44.0 Å². The van der Waals surface area contributed by atoms with Crippen LogP contribution in [0.4, 0.5) is 0 Å². The zero-order chi connectivity index (χ0) is 15.2.